The quantitative estimate of drug-likeness (QED) is 0.691. The summed E-state index contributed by atoms with van der Waals surface area (Å²) in [6.07, 6.45) is 0. The number of rotatable bonds is 4. The molecule has 0 radical (unpaired) electrons. The molecule has 0 aliphatic heterocycles. The monoisotopic (exact) mass is 240 g/mol. The van der Waals surface area contributed by atoms with E-state index in [2.05, 4.69) is 5.32 Å². The van der Waals surface area contributed by atoms with Crippen molar-refractivity contribution in [3.05, 3.63) is 29.6 Å². The van der Waals surface area contributed by atoms with Gasteiger partial charge in [0.25, 0.3) is 5.91 Å². The van der Waals surface area contributed by atoms with Crippen LogP contribution in [0.1, 0.15) is 24.2 Å². The molecule has 0 aliphatic carbocycles. The summed E-state index contributed by atoms with van der Waals surface area (Å²) in [5.41, 5.74) is 5.94. The average molecular weight is 240 g/mol. The molecule has 94 valence electrons. The largest absolute Gasteiger partial charge is 0.398 e. The van der Waals surface area contributed by atoms with Crippen LogP contribution in [0.3, 0.4) is 0 Å². The Kier molecular flexibility index (Phi) is 4.45. The SMILES string of the molecule is CC(CO)C(C)NC(=O)c1cc(F)ccc1N. The van der Waals surface area contributed by atoms with Crippen LogP contribution >= 0.6 is 0 Å². The van der Waals surface area contributed by atoms with E-state index in [4.69, 9.17) is 10.8 Å². The number of hydrogen-bond donors (Lipinski definition) is 3. The van der Waals surface area contributed by atoms with E-state index >= 15 is 0 Å². The van der Waals surface area contributed by atoms with Crippen molar-refractivity contribution in [2.24, 2.45) is 5.92 Å². The van der Waals surface area contributed by atoms with E-state index in [-0.39, 0.29) is 29.8 Å². The standard InChI is InChI=1S/C12H17FN2O2/c1-7(6-16)8(2)15-12(17)10-5-9(13)3-4-11(10)14/h3-5,7-8,16H,6,14H2,1-2H3,(H,15,17). The third-order valence-electron chi connectivity index (χ3n) is 2.76. The first-order chi connectivity index (χ1) is 7.95. The van der Waals surface area contributed by atoms with Gasteiger partial charge in [0.15, 0.2) is 0 Å². The lowest BCUT2D eigenvalue weighted by Crippen LogP contribution is -2.38. The third-order valence-corrected chi connectivity index (χ3v) is 2.76. The Bertz CT molecular complexity index is 409. The van der Waals surface area contributed by atoms with Crippen LogP contribution < -0.4 is 11.1 Å². The highest BCUT2D eigenvalue weighted by Crippen LogP contribution is 2.14. The van der Waals surface area contributed by atoms with Crippen molar-refractivity contribution < 1.29 is 14.3 Å². The van der Waals surface area contributed by atoms with Gasteiger partial charge in [0.2, 0.25) is 0 Å². The van der Waals surface area contributed by atoms with Crippen LogP contribution in [-0.4, -0.2) is 23.7 Å². The minimum atomic E-state index is -0.507. The summed E-state index contributed by atoms with van der Waals surface area (Å²) in [7, 11) is 0. The first kappa shape index (κ1) is 13.4. The molecule has 0 spiro atoms. The van der Waals surface area contributed by atoms with Gasteiger partial charge in [-0.25, -0.2) is 4.39 Å². The van der Waals surface area contributed by atoms with Gasteiger partial charge in [-0.15, -0.1) is 0 Å². The summed E-state index contributed by atoms with van der Waals surface area (Å²) in [5.74, 6) is -1.02. The molecule has 4 nitrogen and oxygen atoms in total. The molecule has 0 saturated heterocycles. The molecule has 4 N–H and O–H groups in total. The summed E-state index contributed by atoms with van der Waals surface area (Å²) >= 11 is 0. The molecule has 17 heavy (non-hydrogen) atoms. The van der Waals surface area contributed by atoms with Crippen LogP contribution in [0.25, 0.3) is 0 Å². The second-order valence-corrected chi connectivity index (χ2v) is 4.15. The van der Waals surface area contributed by atoms with Crippen LogP contribution in [0.15, 0.2) is 18.2 Å². The zero-order valence-corrected chi connectivity index (χ0v) is 9.90. The molecule has 0 heterocycles. The van der Waals surface area contributed by atoms with Crippen molar-refractivity contribution in [1.82, 2.24) is 5.32 Å². The van der Waals surface area contributed by atoms with Gasteiger partial charge in [-0.1, -0.05) is 6.92 Å². The average Bonchev–Trinajstić information content (AvgIpc) is 2.30. The Hall–Kier alpha value is -1.62. The molecular formula is C12H17FN2O2. The molecule has 2 unspecified atom stereocenters. The number of aliphatic hydroxyl groups is 1. The van der Waals surface area contributed by atoms with Crippen molar-refractivity contribution in [2.45, 2.75) is 19.9 Å². The predicted octanol–water partition coefficient (Wildman–Crippen LogP) is 1.15. The van der Waals surface area contributed by atoms with E-state index in [0.717, 1.165) is 6.07 Å². The van der Waals surface area contributed by atoms with Gasteiger partial charge >= 0.3 is 0 Å². The van der Waals surface area contributed by atoms with E-state index in [0.29, 0.717) is 0 Å². The number of carbonyl (C=O) groups excluding carboxylic acids is 1. The molecule has 0 saturated carbocycles. The normalized spacial score (nSPS) is 14.1. The molecule has 1 aromatic rings. The molecule has 0 fully saturated rings. The molecule has 5 heteroatoms. The Morgan fingerprint density at radius 1 is 1.53 bits per heavy atom. The zero-order chi connectivity index (χ0) is 13.0. The minimum Gasteiger partial charge on any atom is -0.398 e. The lowest BCUT2D eigenvalue weighted by atomic mass is 10.0. The Labute approximate surface area is 99.6 Å². The van der Waals surface area contributed by atoms with Crippen LogP contribution in [0.4, 0.5) is 10.1 Å². The van der Waals surface area contributed by atoms with Gasteiger partial charge in [-0.05, 0) is 31.0 Å². The fraction of sp³-hybridized carbons (Fsp3) is 0.417. The molecular weight excluding hydrogens is 223 g/mol. The van der Waals surface area contributed by atoms with E-state index in [9.17, 15) is 9.18 Å². The van der Waals surface area contributed by atoms with Gasteiger partial charge in [-0.3, -0.25) is 4.79 Å². The van der Waals surface area contributed by atoms with Crippen molar-refractivity contribution in [3.63, 3.8) is 0 Å². The molecule has 0 aromatic heterocycles. The third kappa shape index (κ3) is 3.42. The number of benzene rings is 1. The number of nitrogens with two attached hydrogens (primary N) is 1. The number of anilines is 1. The highest BCUT2D eigenvalue weighted by Gasteiger charge is 2.17. The van der Waals surface area contributed by atoms with Crippen molar-refractivity contribution in [2.75, 3.05) is 12.3 Å². The lowest BCUT2D eigenvalue weighted by Gasteiger charge is -2.19. The maximum atomic E-state index is 13.0. The second kappa shape index (κ2) is 5.63. The van der Waals surface area contributed by atoms with Gasteiger partial charge in [-0.2, -0.15) is 0 Å². The van der Waals surface area contributed by atoms with Crippen molar-refractivity contribution >= 4 is 11.6 Å². The van der Waals surface area contributed by atoms with Crippen LogP contribution in [-0.2, 0) is 0 Å². The highest BCUT2D eigenvalue weighted by molar-refractivity contribution is 5.99. The number of hydrogen-bond acceptors (Lipinski definition) is 3. The van der Waals surface area contributed by atoms with E-state index in [1.807, 2.05) is 0 Å². The maximum absolute atomic E-state index is 13.0. The van der Waals surface area contributed by atoms with Crippen molar-refractivity contribution in [3.8, 4) is 0 Å². The first-order valence-electron chi connectivity index (χ1n) is 5.42. The number of aliphatic hydroxyl groups excluding tert-OH is 1. The summed E-state index contributed by atoms with van der Waals surface area (Å²) in [6.45, 7) is 3.55. The lowest BCUT2D eigenvalue weighted by molar-refractivity contribution is 0.0916. The minimum absolute atomic E-state index is 0.0277. The number of nitrogens with one attached hydrogen (secondary N) is 1. The van der Waals surface area contributed by atoms with Gasteiger partial charge < -0.3 is 16.2 Å². The number of nitrogen functional groups attached to an aromatic ring is 1. The van der Waals surface area contributed by atoms with Crippen LogP contribution in [0, 0.1) is 11.7 Å². The summed E-state index contributed by atoms with van der Waals surface area (Å²) in [6, 6.07) is 3.44. The molecule has 2 atom stereocenters. The number of carbonyl (C=O) groups is 1. The molecule has 0 bridgehead atoms. The topological polar surface area (TPSA) is 75.3 Å². The second-order valence-electron chi connectivity index (χ2n) is 4.15. The Balaban J connectivity index is 2.79. The molecule has 1 rings (SSSR count). The summed E-state index contributed by atoms with van der Waals surface area (Å²) in [4.78, 5) is 11.8. The summed E-state index contributed by atoms with van der Waals surface area (Å²) in [5, 5.41) is 11.6. The molecule has 0 aliphatic rings. The number of amides is 1. The zero-order valence-electron chi connectivity index (χ0n) is 9.90. The van der Waals surface area contributed by atoms with Crippen LogP contribution in [0.5, 0.6) is 0 Å². The van der Waals surface area contributed by atoms with E-state index in [1.54, 1.807) is 13.8 Å². The summed E-state index contributed by atoms with van der Waals surface area (Å²) < 4.78 is 13.0. The fourth-order valence-electron chi connectivity index (χ4n) is 1.31. The maximum Gasteiger partial charge on any atom is 0.253 e. The Morgan fingerprint density at radius 2 is 2.18 bits per heavy atom. The Morgan fingerprint density at radius 3 is 2.76 bits per heavy atom. The smallest absolute Gasteiger partial charge is 0.253 e. The van der Waals surface area contributed by atoms with Gasteiger partial charge in [0.1, 0.15) is 5.82 Å². The number of halogens is 1. The van der Waals surface area contributed by atoms with Crippen molar-refractivity contribution in [1.29, 1.82) is 0 Å². The highest BCUT2D eigenvalue weighted by atomic mass is 19.1. The fourth-order valence-corrected chi connectivity index (χ4v) is 1.31. The van der Waals surface area contributed by atoms with E-state index < -0.39 is 11.7 Å². The predicted molar refractivity (Wildman–Crippen MR) is 64.0 cm³/mol. The van der Waals surface area contributed by atoms with Crippen LogP contribution in [0.2, 0.25) is 0 Å². The molecule has 1 aromatic carbocycles. The molecule has 1 amide bonds. The van der Waals surface area contributed by atoms with Gasteiger partial charge in [0, 0.05) is 18.3 Å². The van der Waals surface area contributed by atoms with E-state index in [1.165, 1.54) is 12.1 Å². The van der Waals surface area contributed by atoms with Gasteiger partial charge in [0.05, 0.1) is 5.56 Å². The first-order valence-corrected chi connectivity index (χ1v) is 5.42.